The average Bonchev–Trinajstić information content (AvgIpc) is 3.16. The van der Waals surface area contributed by atoms with Gasteiger partial charge in [0.05, 0.1) is 11.4 Å². The summed E-state index contributed by atoms with van der Waals surface area (Å²) < 4.78 is 50.3. The number of amides is 1. The maximum absolute atomic E-state index is 13.1. The van der Waals surface area contributed by atoms with E-state index in [-0.39, 0.29) is 35.7 Å². The molecular formula is C21H32N4O5S2. The van der Waals surface area contributed by atoms with Crippen molar-refractivity contribution in [2.24, 2.45) is 0 Å². The Hall–Kier alpha value is -2.14. The molecule has 1 saturated heterocycles. The molecule has 178 valence electrons. The van der Waals surface area contributed by atoms with Crippen LogP contribution in [0.2, 0.25) is 0 Å². The van der Waals surface area contributed by atoms with E-state index >= 15 is 0 Å². The fourth-order valence-corrected chi connectivity index (χ4v) is 6.28. The number of nitrogens with one attached hydrogen (secondary N) is 2. The first-order valence-electron chi connectivity index (χ1n) is 11.1. The zero-order valence-corrected chi connectivity index (χ0v) is 20.1. The summed E-state index contributed by atoms with van der Waals surface area (Å²) in [4.78, 5) is 13.8. The molecule has 1 aliphatic heterocycles. The van der Waals surface area contributed by atoms with Crippen LogP contribution in [0.25, 0.3) is 0 Å². The molecule has 1 heterocycles. The molecule has 32 heavy (non-hydrogen) atoms. The SMILES string of the molecule is CCS(=O)(=O)CC(=O)NCCc1ccc(S(=O)(=O)N2CCN(C3CCCCC3)C2=N)cc1. The van der Waals surface area contributed by atoms with E-state index in [1.807, 2.05) is 4.90 Å². The first-order valence-corrected chi connectivity index (χ1v) is 14.3. The van der Waals surface area contributed by atoms with Crippen molar-refractivity contribution in [3.8, 4) is 0 Å². The highest BCUT2D eigenvalue weighted by atomic mass is 32.2. The van der Waals surface area contributed by atoms with Gasteiger partial charge in [0.2, 0.25) is 11.9 Å². The summed E-state index contributed by atoms with van der Waals surface area (Å²) in [7, 11) is -7.17. The van der Waals surface area contributed by atoms with Crippen molar-refractivity contribution in [2.45, 2.75) is 56.4 Å². The van der Waals surface area contributed by atoms with Gasteiger partial charge in [-0.05, 0) is 37.0 Å². The van der Waals surface area contributed by atoms with E-state index in [1.165, 1.54) is 29.8 Å². The lowest BCUT2D eigenvalue weighted by atomic mass is 9.94. The molecule has 0 radical (unpaired) electrons. The molecule has 2 N–H and O–H groups in total. The fourth-order valence-electron chi connectivity index (χ4n) is 4.19. The Kier molecular flexibility index (Phi) is 7.81. The van der Waals surface area contributed by atoms with E-state index in [4.69, 9.17) is 5.41 Å². The number of carbonyl (C=O) groups excluding carboxylic acids is 1. The van der Waals surface area contributed by atoms with Gasteiger partial charge in [0.1, 0.15) is 5.75 Å². The van der Waals surface area contributed by atoms with E-state index in [9.17, 15) is 21.6 Å². The van der Waals surface area contributed by atoms with Crippen molar-refractivity contribution >= 4 is 31.7 Å². The number of carbonyl (C=O) groups is 1. The molecule has 2 fully saturated rings. The maximum Gasteiger partial charge on any atom is 0.266 e. The van der Waals surface area contributed by atoms with Gasteiger partial charge in [0.15, 0.2) is 9.84 Å². The third-order valence-corrected chi connectivity index (χ3v) is 9.49. The van der Waals surface area contributed by atoms with Crippen LogP contribution in [-0.2, 0) is 31.1 Å². The zero-order chi connectivity index (χ0) is 23.4. The Morgan fingerprint density at radius 1 is 1.06 bits per heavy atom. The fraction of sp³-hybridized carbons (Fsp3) is 0.619. The minimum atomic E-state index is -3.80. The van der Waals surface area contributed by atoms with Crippen molar-refractivity contribution in [3.63, 3.8) is 0 Å². The smallest absolute Gasteiger partial charge is 0.266 e. The van der Waals surface area contributed by atoms with Crippen LogP contribution in [0.5, 0.6) is 0 Å². The van der Waals surface area contributed by atoms with Gasteiger partial charge in [-0.3, -0.25) is 10.2 Å². The van der Waals surface area contributed by atoms with Crippen LogP contribution >= 0.6 is 0 Å². The summed E-state index contributed by atoms with van der Waals surface area (Å²) in [6, 6.07) is 6.65. The number of rotatable bonds is 9. The van der Waals surface area contributed by atoms with Gasteiger partial charge in [-0.1, -0.05) is 38.3 Å². The lowest BCUT2D eigenvalue weighted by molar-refractivity contribution is -0.118. The summed E-state index contributed by atoms with van der Waals surface area (Å²) in [5.41, 5.74) is 0.822. The summed E-state index contributed by atoms with van der Waals surface area (Å²) >= 11 is 0. The number of hydrogen-bond donors (Lipinski definition) is 2. The van der Waals surface area contributed by atoms with Gasteiger partial charge in [-0.25, -0.2) is 21.1 Å². The van der Waals surface area contributed by atoms with Crippen molar-refractivity contribution in [1.82, 2.24) is 14.5 Å². The number of benzene rings is 1. The van der Waals surface area contributed by atoms with Crippen LogP contribution < -0.4 is 5.32 Å². The third-order valence-electron chi connectivity index (χ3n) is 6.11. The Morgan fingerprint density at radius 3 is 2.34 bits per heavy atom. The first kappa shape index (κ1) is 24.5. The Labute approximate surface area is 190 Å². The van der Waals surface area contributed by atoms with Crippen LogP contribution in [0.3, 0.4) is 0 Å². The number of nitrogens with zero attached hydrogens (tertiary/aromatic N) is 2. The molecule has 1 amide bonds. The predicted molar refractivity (Wildman–Crippen MR) is 123 cm³/mol. The zero-order valence-electron chi connectivity index (χ0n) is 18.4. The lowest BCUT2D eigenvalue weighted by Crippen LogP contribution is -2.42. The predicted octanol–water partition coefficient (Wildman–Crippen LogP) is 1.35. The number of guanidine groups is 1. The van der Waals surface area contributed by atoms with Crippen molar-refractivity contribution < 1.29 is 21.6 Å². The first-order chi connectivity index (χ1) is 15.1. The minimum Gasteiger partial charge on any atom is -0.355 e. The van der Waals surface area contributed by atoms with E-state index in [1.54, 1.807) is 12.1 Å². The van der Waals surface area contributed by atoms with Gasteiger partial charge in [0.25, 0.3) is 10.0 Å². The highest BCUT2D eigenvalue weighted by Gasteiger charge is 2.38. The van der Waals surface area contributed by atoms with Gasteiger partial charge in [0, 0.05) is 24.9 Å². The topological polar surface area (TPSA) is 128 Å². The van der Waals surface area contributed by atoms with Crippen molar-refractivity contribution in [1.29, 1.82) is 5.41 Å². The van der Waals surface area contributed by atoms with Crippen LogP contribution in [0.1, 0.15) is 44.6 Å². The van der Waals surface area contributed by atoms with Crippen LogP contribution in [0.15, 0.2) is 29.2 Å². The largest absolute Gasteiger partial charge is 0.355 e. The molecule has 0 unspecified atom stereocenters. The lowest BCUT2D eigenvalue weighted by Gasteiger charge is -2.32. The normalized spacial score (nSPS) is 18.2. The second-order valence-electron chi connectivity index (χ2n) is 8.31. The quantitative estimate of drug-likeness (QED) is 0.545. The molecule has 1 aromatic rings. The van der Waals surface area contributed by atoms with Crippen LogP contribution in [-0.4, -0.2) is 75.1 Å². The van der Waals surface area contributed by atoms with Crippen LogP contribution in [0, 0.1) is 5.41 Å². The molecule has 1 aliphatic carbocycles. The molecule has 3 rings (SSSR count). The molecular weight excluding hydrogens is 452 g/mol. The molecule has 11 heteroatoms. The number of sulfone groups is 1. The Morgan fingerprint density at radius 2 is 1.72 bits per heavy atom. The van der Waals surface area contributed by atoms with Gasteiger partial charge in [-0.15, -0.1) is 0 Å². The van der Waals surface area contributed by atoms with Gasteiger partial charge in [-0.2, -0.15) is 0 Å². The molecule has 2 aliphatic rings. The average molecular weight is 485 g/mol. The molecule has 1 saturated carbocycles. The second-order valence-corrected chi connectivity index (χ2v) is 12.5. The summed E-state index contributed by atoms with van der Waals surface area (Å²) in [6.07, 6.45) is 5.91. The molecule has 0 atom stereocenters. The van der Waals surface area contributed by atoms with E-state index < -0.39 is 31.5 Å². The standard InChI is InChI=1S/C21H32N4O5S2/c1-2-31(27,28)16-20(26)23-13-12-17-8-10-19(11-9-17)32(29,30)25-15-14-24(21(25)22)18-6-4-3-5-7-18/h8-11,18,22H,2-7,12-16H2,1H3,(H,23,26). The number of hydrogen-bond acceptors (Lipinski definition) is 6. The summed E-state index contributed by atoms with van der Waals surface area (Å²) in [5, 5.41) is 11.0. The number of sulfonamides is 1. The highest BCUT2D eigenvalue weighted by Crippen LogP contribution is 2.28. The van der Waals surface area contributed by atoms with Gasteiger partial charge < -0.3 is 10.2 Å². The molecule has 0 spiro atoms. The van der Waals surface area contributed by atoms with Gasteiger partial charge >= 0.3 is 0 Å². The summed E-state index contributed by atoms with van der Waals surface area (Å²) in [6.45, 7) is 2.59. The second kappa shape index (κ2) is 10.2. The van der Waals surface area contributed by atoms with E-state index in [0.29, 0.717) is 13.0 Å². The van der Waals surface area contributed by atoms with E-state index in [0.717, 1.165) is 31.2 Å². The monoisotopic (exact) mass is 484 g/mol. The molecule has 0 aromatic heterocycles. The van der Waals surface area contributed by atoms with Crippen molar-refractivity contribution in [2.75, 3.05) is 31.1 Å². The van der Waals surface area contributed by atoms with E-state index in [2.05, 4.69) is 5.32 Å². The molecule has 9 nitrogen and oxygen atoms in total. The summed E-state index contributed by atoms with van der Waals surface area (Å²) in [5.74, 6) is -1.09. The maximum atomic E-state index is 13.1. The third kappa shape index (κ3) is 5.80. The van der Waals surface area contributed by atoms with Crippen molar-refractivity contribution in [3.05, 3.63) is 29.8 Å². The molecule has 1 aromatic carbocycles. The molecule has 0 bridgehead atoms. The highest BCUT2D eigenvalue weighted by molar-refractivity contribution is 7.92. The minimum absolute atomic E-state index is 0.0609. The Bertz CT molecular complexity index is 1030. The van der Waals surface area contributed by atoms with Crippen LogP contribution in [0.4, 0.5) is 0 Å². The Balaban J connectivity index is 1.56.